The maximum absolute atomic E-state index is 12.2. The molecule has 2 aromatic rings. The molecule has 19 heavy (non-hydrogen) atoms. The molecule has 4 nitrogen and oxygen atoms in total. The van der Waals surface area contributed by atoms with Gasteiger partial charge in [-0.05, 0) is 18.1 Å². The number of ether oxygens (including phenoxy) is 1. The number of Topliss-reactive ketones (excluding diaryl/α,β-unsaturated/α-hetero) is 1. The highest BCUT2D eigenvalue weighted by molar-refractivity contribution is 6.00. The van der Waals surface area contributed by atoms with Gasteiger partial charge in [0.1, 0.15) is 5.75 Å². The van der Waals surface area contributed by atoms with E-state index in [0.29, 0.717) is 17.7 Å². The fourth-order valence-electron chi connectivity index (χ4n) is 1.84. The molecule has 0 aliphatic rings. The van der Waals surface area contributed by atoms with Gasteiger partial charge in [0.05, 0.1) is 19.3 Å². The number of methoxy groups -OCH3 is 1. The van der Waals surface area contributed by atoms with Crippen LogP contribution < -0.4 is 10.5 Å². The van der Waals surface area contributed by atoms with Crippen LogP contribution in [0.4, 0.5) is 0 Å². The van der Waals surface area contributed by atoms with Crippen molar-refractivity contribution >= 4 is 5.78 Å². The number of aromatic nitrogens is 1. The molecule has 0 saturated carbocycles. The molecule has 2 rings (SSSR count). The summed E-state index contributed by atoms with van der Waals surface area (Å²) < 4.78 is 5.05. The molecule has 0 saturated heterocycles. The summed E-state index contributed by atoms with van der Waals surface area (Å²) in [5, 5.41) is 0. The molecular weight excluding hydrogens is 240 g/mol. The molecule has 1 unspecified atom stereocenters. The molecule has 1 heterocycles. The Morgan fingerprint density at radius 2 is 2.05 bits per heavy atom. The van der Waals surface area contributed by atoms with Crippen LogP contribution in [0, 0.1) is 0 Å². The molecule has 1 aromatic carbocycles. The molecule has 4 heteroatoms. The van der Waals surface area contributed by atoms with E-state index in [0.717, 1.165) is 5.56 Å². The second-order valence-corrected chi connectivity index (χ2v) is 4.27. The van der Waals surface area contributed by atoms with Crippen LogP contribution in [0.2, 0.25) is 0 Å². The zero-order chi connectivity index (χ0) is 13.7. The Labute approximate surface area is 112 Å². The van der Waals surface area contributed by atoms with Gasteiger partial charge in [0.2, 0.25) is 0 Å². The predicted octanol–water partition coefficient (Wildman–Crippen LogP) is 1.84. The summed E-state index contributed by atoms with van der Waals surface area (Å²) >= 11 is 0. The lowest BCUT2D eigenvalue weighted by Crippen LogP contribution is -2.32. The first-order valence-electron chi connectivity index (χ1n) is 6.03. The fraction of sp³-hybridized carbons (Fsp3) is 0.200. The van der Waals surface area contributed by atoms with Gasteiger partial charge in [-0.25, -0.2) is 0 Å². The molecule has 0 aliphatic heterocycles. The standard InChI is InChI=1S/C15H16N2O2/c1-19-13-8-12(9-17-10-13)15(18)14(16)7-11-5-3-2-4-6-11/h2-6,8-10,14H,7,16H2,1H3. The number of pyridine rings is 1. The van der Waals surface area contributed by atoms with E-state index in [2.05, 4.69) is 4.98 Å². The number of carbonyl (C=O) groups is 1. The first-order valence-corrected chi connectivity index (χ1v) is 6.03. The van der Waals surface area contributed by atoms with E-state index < -0.39 is 6.04 Å². The van der Waals surface area contributed by atoms with Crippen molar-refractivity contribution in [3.8, 4) is 5.75 Å². The molecule has 1 aromatic heterocycles. The van der Waals surface area contributed by atoms with Crippen LogP contribution in [0.15, 0.2) is 48.8 Å². The van der Waals surface area contributed by atoms with Gasteiger partial charge in [0.25, 0.3) is 0 Å². The maximum Gasteiger partial charge on any atom is 0.181 e. The molecule has 0 amide bonds. The molecule has 0 spiro atoms. The van der Waals surface area contributed by atoms with Gasteiger partial charge >= 0.3 is 0 Å². The van der Waals surface area contributed by atoms with Crippen molar-refractivity contribution in [1.29, 1.82) is 0 Å². The lowest BCUT2D eigenvalue weighted by atomic mass is 9.99. The van der Waals surface area contributed by atoms with E-state index in [1.807, 2.05) is 30.3 Å². The van der Waals surface area contributed by atoms with Crippen molar-refractivity contribution in [1.82, 2.24) is 4.98 Å². The largest absolute Gasteiger partial charge is 0.495 e. The lowest BCUT2D eigenvalue weighted by molar-refractivity contribution is 0.0960. The minimum atomic E-state index is -0.573. The van der Waals surface area contributed by atoms with Gasteiger partial charge in [0.15, 0.2) is 5.78 Å². The third-order valence-corrected chi connectivity index (χ3v) is 2.87. The maximum atomic E-state index is 12.2. The first kappa shape index (κ1) is 13.2. The minimum Gasteiger partial charge on any atom is -0.495 e. The molecule has 2 N–H and O–H groups in total. The SMILES string of the molecule is COc1cncc(C(=O)C(N)Cc2ccccc2)c1. The number of hydrogen-bond donors (Lipinski definition) is 1. The van der Waals surface area contributed by atoms with Gasteiger partial charge in [-0.15, -0.1) is 0 Å². The van der Waals surface area contributed by atoms with Crippen molar-refractivity contribution < 1.29 is 9.53 Å². The quantitative estimate of drug-likeness (QED) is 0.829. The third-order valence-electron chi connectivity index (χ3n) is 2.87. The van der Waals surface area contributed by atoms with E-state index >= 15 is 0 Å². The monoisotopic (exact) mass is 256 g/mol. The van der Waals surface area contributed by atoms with Crippen LogP contribution in [0.1, 0.15) is 15.9 Å². The summed E-state index contributed by atoms with van der Waals surface area (Å²) in [6.45, 7) is 0. The third kappa shape index (κ3) is 3.39. The number of rotatable bonds is 5. The van der Waals surface area contributed by atoms with Gasteiger partial charge in [0, 0.05) is 11.8 Å². The molecule has 0 bridgehead atoms. The first-order chi connectivity index (χ1) is 9.20. The Kier molecular flexibility index (Phi) is 4.26. The summed E-state index contributed by atoms with van der Waals surface area (Å²) in [6, 6.07) is 10.8. The Morgan fingerprint density at radius 3 is 2.74 bits per heavy atom. The van der Waals surface area contributed by atoms with Gasteiger partial charge in [-0.1, -0.05) is 30.3 Å². The van der Waals surface area contributed by atoms with Crippen molar-refractivity contribution in [2.24, 2.45) is 5.73 Å². The van der Waals surface area contributed by atoms with Crippen molar-refractivity contribution in [3.63, 3.8) is 0 Å². The number of nitrogens with zero attached hydrogens (tertiary/aromatic N) is 1. The van der Waals surface area contributed by atoms with Crippen molar-refractivity contribution in [3.05, 3.63) is 59.9 Å². The summed E-state index contributed by atoms with van der Waals surface area (Å²) in [5.41, 5.74) is 7.47. The van der Waals surface area contributed by atoms with E-state index in [9.17, 15) is 4.79 Å². The number of ketones is 1. The number of nitrogens with two attached hydrogens (primary N) is 1. The Morgan fingerprint density at radius 1 is 1.32 bits per heavy atom. The van der Waals surface area contributed by atoms with E-state index in [4.69, 9.17) is 10.5 Å². The van der Waals surface area contributed by atoms with Crippen LogP contribution >= 0.6 is 0 Å². The molecule has 1 atom stereocenters. The molecule has 98 valence electrons. The highest BCUT2D eigenvalue weighted by Crippen LogP contribution is 2.13. The summed E-state index contributed by atoms with van der Waals surface area (Å²) in [7, 11) is 1.54. The second-order valence-electron chi connectivity index (χ2n) is 4.27. The number of carbonyl (C=O) groups excluding carboxylic acids is 1. The molecule has 0 radical (unpaired) electrons. The average Bonchev–Trinajstić information content (AvgIpc) is 2.47. The topological polar surface area (TPSA) is 65.2 Å². The Hall–Kier alpha value is -2.20. The van der Waals surface area contributed by atoms with Crippen molar-refractivity contribution in [2.75, 3.05) is 7.11 Å². The Bertz CT molecular complexity index is 555. The summed E-state index contributed by atoms with van der Waals surface area (Å²) in [6.07, 6.45) is 3.58. The molecule has 0 aliphatic carbocycles. The normalized spacial score (nSPS) is 11.9. The van der Waals surface area contributed by atoms with Crippen LogP contribution in [0.3, 0.4) is 0 Å². The van der Waals surface area contributed by atoms with E-state index in [1.54, 1.807) is 12.3 Å². The average molecular weight is 256 g/mol. The number of hydrogen-bond acceptors (Lipinski definition) is 4. The Balaban J connectivity index is 2.10. The smallest absolute Gasteiger partial charge is 0.181 e. The second kappa shape index (κ2) is 6.11. The highest BCUT2D eigenvalue weighted by Gasteiger charge is 2.17. The predicted molar refractivity (Wildman–Crippen MR) is 73.2 cm³/mol. The van der Waals surface area contributed by atoms with Gasteiger partial charge < -0.3 is 10.5 Å². The van der Waals surface area contributed by atoms with Crippen molar-refractivity contribution in [2.45, 2.75) is 12.5 Å². The number of benzene rings is 1. The lowest BCUT2D eigenvalue weighted by Gasteiger charge is -2.11. The molecule has 0 fully saturated rings. The zero-order valence-electron chi connectivity index (χ0n) is 10.7. The zero-order valence-corrected chi connectivity index (χ0v) is 10.7. The fourth-order valence-corrected chi connectivity index (χ4v) is 1.84. The van der Waals surface area contributed by atoms with Crippen LogP contribution in [0.5, 0.6) is 5.75 Å². The van der Waals surface area contributed by atoms with Crippen LogP contribution in [0.25, 0.3) is 0 Å². The van der Waals surface area contributed by atoms with Gasteiger partial charge in [-0.3, -0.25) is 9.78 Å². The highest BCUT2D eigenvalue weighted by atomic mass is 16.5. The van der Waals surface area contributed by atoms with E-state index in [1.165, 1.54) is 13.3 Å². The van der Waals surface area contributed by atoms with Gasteiger partial charge in [-0.2, -0.15) is 0 Å². The summed E-state index contributed by atoms with van der Waals surface area (Å²) in [5.74, 6) is 0.424. The summed E-state index contributed by atoms with van der Waals surface area (Å²) in [4.78, 5) is 16.2. The van der Waals surface area contributed by atoms with Crippen LogP contribution in [-0.4, -0.2) is 23.9 Å². The van der Waals surface area contributed by atoms with Crippen LogP contribution in [-0.2, 0) is 6.42 Å². The minimum absolute atomic E-state index is 0.129. The molecular formula is C15H16N2O2. The van der Waals surface area contributed by atoms with E-state index in [-0.39, 0.29) is 5.78 Å².